The fraction of sp³-hybridized carbons (Fsp3) is 0.462. The average Bonchev–Trinajstić information content (AvgIpc) is 2.14. The zero-order chi connectivity index (χ0) is 10.6. The van der Waals surface area contributed by atoms with Gasteiger partial charge in [-0.2, -0.15) is 5.26 Å². The Balaban J connectivity index is 2.80. The molecule has 14 heavy (non-hydrogen) atoms. The second-order valence-electron chi connectivity index (χ2n) is 3.96. The molecule has 0 aliphatic heterocycles. The first-order valence-corrected chi connectivity index (χ1v) is 5.09. The van der Waals surface area contributed by atoms with Gasteiger partial charge in [0.1, 0.15) is 0 Å². The van der Waals surface area contributed by atoms with Gasteiger partial charge in [0.05, 0.1) is 6.07 Å². The monoisotopic (exact) mass is 187 g/mol. The number of hydrogen-bond acceptors (Lipinski definition) is 1. The fourth-order valence-corrected chi connectivity index (χ4v) is 1.82. The minimum absolute atomic E-state index is 0.496. The van der Waals surface area contributed by atoms with Crippen LogP contribution in [0, 0.1) is 25.2 Å². The third kappa shape index (κ3) is 2.60. The van der Waals surface area contributed by atoms with Crippen molar-refractivity contribution in [2.24, 2.45) is 0 Å². The van der Waals surface area contributed by atoms with Crippen molar-refractivity contribution >= 4 is 0 Å². The highest BCUT2D eigenvalue weighted by Gasteiger charge is 2.07. The molecule has 0 radical (unpaired) electrons. The highest BCUT2D eigenvalue weighted by atomic mass is 14.2. The smallest absolute Gasteiger partial charge is 0.0621 e. The van der Waals surface area contributed by atoms with Crippen LogP contribution in [0.4, 0.5) is 0 Å². The Bertz CT molecular complexity index is 347. The minimum atomic E-state index is 0.496. The van der Waals surface area contributed by atoms with Gasteiger partial charge in [-0.05, 0) is 37.3 Å². The van der Waals surface area contributed by atoms with Gasteiger partial charge >= 0.3 is 0 Å². The van der Waals surface area contributed by atoms with Gasteiger partial charge in [-0.1, -0.05) is 30.7 Å². The summed E-state index contributed by atoms with van der Waals surface area (Å²) in [6.45, 7) is 6.44. The molecule has 0 aromatic heterocycles. The molecule has 0 aliphatic carbocycles. The van der Waals surface area contributed by atoms with E-state index in [0.29, 0.717) is 12.3 Å². The van der Waals surface area contributed by atoms with Gasteiger partial charge < -0.3 is 0 Å². The van der Waals surface area contributed by atoms with Crippen molar-refractivity contribution in [2.45, 2.75) is 39.5 Å². The predicted octanol–water partition coefficient (Wildman–Crippen LogP) is 3.71. The summed E-state index contributed by atoms with van der Waals surface area (Å²) in [6, 6.07) is 8.74. The molecular formula is C13H17N. The van der Waals surface area contributed by atoms with Crippen LogP contribution in [0.15, 0.2) is 18.2 Å². The topological polar surface area (TPSA) is 23.8 Å². The molecule has 0 saturated carbocycles. The summed E-state index contributed by atoms with van der Waals surface area (Å²) in [4.78, 5) is 0. The molecule has 1 nitrogen and oxygen atoms in total. The Hall–Kier alpha value is -1.29. The molecule has 0 spiro atoms. The van der Waals surface area contributed by atoms with E-state index in [9.17, 15) is 0 Å². The lowest BCUT2D eigenvalue weighted by Gasteiger charge is -2.13. The largest absolute Gasteiger partial charge is 0.198 e. The van der Waals surface area contributed by atoms with Crippen molar-refractivity contribution < 1.29 is 0 Å². The Morgan fingerprint density at radius 1 is 1.36 bits per heavy atom. The Morgan fingerprint density at radius 2 is 2.07 bits per heavy atom. The number of rotatable bonds is 3. The number of nitriles is 1. The number of nitrogens with zero attached hydrogens (tertiary/aromatic N) is 1. The van der Waals surface area contributed by atoms with Crippen molar-refractivity contribution in [1.29, 1.82) is 5.26 Å². The molecule has 0 N–H and O–H groups in total. The maximum atomic E-state index is 8.53. The van der Waals surface area contributed by atoms with Crippen LogP contribution in [-0.2, 0) is 0 Å². The summed E-state index contributed by atoms with van der Waals surface area (Å²) in [5, 5.41) is 8.53. The molecule has 0 fully saturated rings. The predicted molar refractivity (Wildman–Crippen MR) is 59.2 cm³/mol. The van der Waals surface area contributed by atoms with E-state index in [1.165, 1.54) is 16.7 Å². The molecule has 1 aromatic rings. The molecule has 0 heterocycles. The maximum absolute atomic E-state index is 8.53. The minimum Gasteiger partial charge on any atom is -0.198 e. The van der Waals surface area contributed by atoms with Crippen LogP contribution in [0.2, 0.25) is 0 Å². The summed E-state index contributed by atoms with van der Waals surface area (Å²) in [5.74, 6) is 0.496. The second kappa shape index (κ2) is 4.81. The normalized spacial score (nSPS) is 12.1. The van der Waals surface area contributed by atoms with Crippen LogP contribution < -0.4 is 0 Å². The summed E-state index contributed by atoms with van der Waals surface area (Å²) < 4.78 is 0. The molecule has 1 heteroatoms. The van der Waals surface area contributed by atoms with Crippen molar-refractivity contribution in [3.8, 4) is 6.07 Å². The third-order valence-electron chi connectivity index (χ3n) is 2.65. The van der Waals surface area contributed by atoms with Gasteiger partial charge in [-0.3, -0.25) is 0 Å². The first-order chi connectivity index (χ1) is 6.65. The molecule has 0 bridgehead atoms. The number of aryl methyl sites for hydroxylation is 2. The van der Waals surface area contributed by atoms with Crippen LogP contribution in [0.1, 0.15) is 42.4 Å². The van der Waals surface area contributed by atoms with Crippen molar-refractivity contribution in [2.75, 3.05) is 0 Å². The van der Waals surface area contributed by atoms with Gasteiger partial charge in [-0.15, -0.1) is 0 Å². The second-order valence-corrected chi connectivity index (χ2v) is 3.96. The zero-order valence-corrected chi connectivity index (χ0v) is 9.17. The third-order valence-corrected chi connectivity index (χ3v) is 2.65. The van der Waals surface area contributed by atoms with Gasteiger partial charge in [0, 0.05) is 6.42 Å². The maximum Gasteiger partial charge on any atom is 0.0621 e. The molecule has 1 atom stereocenters. The van der Waals surface area contributed by atoms with Crippen molar-refractivity contribution in [3.63, 3.8) is 0 Å². The van der Waals surface area contributed by atoms with E-state index < -0.39 is 0 Å². The highest BCUT2D eigenvalue weighted by Crippen LogP contribution is 2.24. The number of hydrogen-bond donors (Lipinski definition) is 0. The molecular weight excluding hydrogens is 170 g/mol. The van der Waals surface area contributed by atoms with E-state index in [4.69, 9.17) is 5.26 Å². The summed E-state index contributed by atoms with van der Waals surface area (Å²) in [6.07, 6.45) is 1.61. The summed E-state index contributed by atoms with van der Waals surface area (Å²) in [7, 11) is 0. The standard InChI is InChI=1S/C13H17N/c1-10-6-7-13(12(3)9-10)11(2)5-4-8-14/h6-7,9,11H,4-5H2,1-3H3. The SMILES string of the molecule is Cc1ccc(C(C)CCC#N)c(C)c1. The first-order valence-electron chi connectivity index (χ1n) is 5.09. The van der Waals surface area contributed by atoms with E-state index in [1.807, 2.05) is 0 Å². The van der Waals surface area contributed by atoms with Crippen LogP contribution >= 0.6 is 0 Å². The van der Waals surface area contributed by atoms with E-state index in [1.54, 1.807) is 0 Å². The Morgan fingerprint density at radius 3 is 2.64 bits per heavy atom. The van der Waals surface area contributed by atoms with E-state index in [-0.39, 0.29) is 0 Å². The van der Waals surface area contributed by atoms with Crippen molar-refractivity contribution in [3.05, 3.63) is 34.9 Å². The van der Waals surface area contributed by atoms with Gasteiger partial charge in [0.2, 0.25) is 0 Å². The molecule has 74 valence electrons. The number of benzene rings is 1. The lowest BCUT2D eigenvalue weighted by molar-refractivity contribution is 0.691. The van der Waals surface area contributed by atoms with E-state index >= 15 is 0 Å². The van der Waals surface area contributed by atoms with E-state index in [0.717, 1.165) is 6.42 Å². The van der Waals surface area contributed by atoms with Crippen LogP contribution in [-0.4, -0.2) is 0 Å². The zero-order valence-electron chi connectivity index (χ0n) is 9.17. The van der Waals surface area contributed by atoms with Crippen LogP contribution in [0.5, 0.6) is 0 Å². The lowest BCUT2D eigenvalue weighted by Crippen LogP contribution is -1.96. The molecule has 0 saturated heterocycles. The Labute approximate surface area is 86.4 Å². The first kappa shape index (κ1) is 10.8. The van der Waals surface area contributed by atoms with E-state index in [2.05, 4.69) is 45.0 Å². The summed E-state index contributed by atoms with van der Waals surface area (Å²) >= 11 is 0. The van der Waals surface area contributed by atoms with Gasteiger partial charge in [-0.25, -0.2) is 0 Å². The molecule has 1 rings (SSSR count). The van der Waals surface area contributed by atoms with Gasteiger partial charge in [0.15, 0.2) is 0 Å². The molecule has 0 aliphatic rings. The van der Waals surface area contributed by atoms with Gasteiger partial charge in [0.25, 0.3) is 0 Å². The van der Waals surface area contributed by atoms with Crippen LogP contribution in [0.25, 0.3) is 0 Å². The molecule has 0 amide bonds. The Kier molecular flexibility index (Phi) is 3.71. The van der Waals surface area contributed by atoms with Crippen LogP contribution in [0.3, 0.4) is 0 Å². The van der Waals surface area contributed by atoms with Crippen molar-refractivity contribution in [1.82, 2.24) is 0 Å². The fourth-order valence-electron chi connectivity index (χ4n) is 1.82. The quantitative estimate of drug-likeness (QED) is 0.707. The molecule has 1 unspecified atom stereocenters. The average molecular weight is 187 g/mol. The lowest BCUT2D eigenvalue weighted by atomic mass is 9.92. The highest BCUT2D eigenvalue weighted by molar-refractivity contribution is 5.32. The summed E-state index contributed by atoms with van der Waals surface area (Å²) in [5.41, 5.74) is 4.03. The molecule has 1 aromatic carbocycles.